The van der Waals surface area contributed by atoms with Gasteiger partial charge in [0.15, 0.2) is 0 Å². The van der Waals surface area contributed by atoms with Gasteiger partial charge in [0.1, 0.15) is 0 Å². The summed E-state index contributed by atoms with van der Waals surface area (Å²) in [4.78, 5) is 4.09. The van der Waals surface area contributed by atoms with Crippen LogP contribution < -0.4 is 0 Å². The molecule has 0 aliphatic rings. The van der Waals surface area contributed by atoms with Gasteiger partial charge >= 0.3 is 0 Å². The van der Waals surface area contributed by atoms with E-state index in [9.17, 15) is 0 Å². The van der Waals surface area contributed by atoms with Crippen LogP contribution in [0.5, 0.6) is 0 Å². The zero-order chi connectivity index (χ0) is 8.39. The number of nitrogens with zero attached hydrogens (tertiary/aromatic N) is 1. The van der Waals surface area contributed by atoms with Gasteiger partial charge < -0.3 is 0 Å². The number of aryl methyl sites for hydroxylation is 1. The summed E-state index contributed by atoms with van der Waals surface area (Å²) in [5, 5.41) is 2.50. The molecule has 1 aromatic carbocycles. The summed E-state index contributed by atoms with van der Waals surface area (Å²) >= 11 is 0. The highest BCUT2D eigenvalue weighted by atomic mass is 14.6. The van der Waals surface area contributed by atoms with E-state index in [-0.39, 0.29) is 0 Å². The molecule has 0 radical (unpaired) electrons. The third-order valence-electron chi connectivity index (χ3n) is 2.11. The largest absolute Gasteiger partial charge is 0.264 e. The molecule has 0 N–H and O–H groups in total. The second kappa shape index (κ2) is 2.94. The van der Waals surface area contributed by atoms with E-state index in [2.05, 4.69) is 30.1 Å². The molecule has 12 heavy (non-hydrogen) atoms. The molecule has 0 aliphatic carbocycles. The molecule has 2 aromatic rings. The van der Waals surface area contributed by atoms with Gasteiger partial charge in [-0.3, -0.25) is 4.98 Å². The molecular weight excluding hydrogens is 146 g/mol. The van der Waals surface area contributed by atoms with Gasteiger partial charge in [-0.15, -0.1) is 0 Å². The Morgan fingerprint density at radius 1 is 1.17 bits per heavy atom. The average Bonchev–Trinajstić information content (AvgIpc) is 2.17. The van der Waals surface area contributed by atoms with Gasteiger partial charge in [0.05, 0.1) is 0 Å². The summed E-state index contributed by atoms with van der Waals surface area (Å²) in [6.07, 6.45) is 4.83. The van der Waals surface area contributed by atoms with Crippen molar-refractivity contribution < 1.29 is 0 Å². The van der Waals surface area contributed by atoms with Gasteiger partial charge in [-0.1, -0.05) is 19.1 Å². The quantitative estimate of drug-likeness (QED) is 0.620. The van der Waals surface area contributed by atoms with E-state index < -0.39 is 0 Å². The lowest BCUT2D eigenvalue weighted by Gasteiger charge is -1.99. The van der Waals surface area contributed by atoms with E-state index in [1.165, 1.54) is 16.3 Å². The van der Waals surface area contributed by atoms with Crippen LogP contribution in [0.1, 0.15) is 12.5 Å². The maximum Gasteiger partial charge on any atom is 0.0346 e. The molecule has 0 bridgehead atoms. The van der Waals surface area contributed by atoms with Crippen LogP contribution in [-0.2, 0) is 6.42 Å². The Labute approximate surface area is 72.1 Å². The van der Waals surface area contributed by atoms with Crippen LogP contribution in [0.2, 0.25) is 0 Å². The molecule has 1 aromatic heterocycles. The highest BCUT2D eigenvalue weighted by molar-refractivity contribution is 5.81. The zero-order valence-electron chi connectivity index (χ0n) is 7.12. The maximum atomic E-state index is 4.09. The van der Waals surface area contributed by atoms with Crippen LogP contribution in [0.15, 0.2) is 36.7 Å². The molecule has 1 heterocycles. The predicted octanol–water partition coefficient (Wildman–Crippen LogP) is 2.80. The van der Waals surface area contributed by atoms with Crippen molar-refractivity contribution in [1.82, 2.24) is 4.98 Å². The Morgan fingerprint density at radius 2 is 2.08 bits per heavy atom. The molecule has 0 saturated heterocycles. The minimum absolute atomic E-state index is 1.09. The van der Waals surface area contributed by atoms with Gasteiger partial charge in [0, 0.05) is 17.8 Å². The maximum absolute atomic E-state index is 4.09. The lowest BCUT2D eigenvalue weighted by Crippen LogP contribution is -1.80. The van der Waals surface area contributed by atoms with Crippen LogP contribution in [0.3, 0.4) is 0 Å². The lowest BCUT2D eigenvalue weighted by atomic mass is 10.1. The zero-order valence-corrected chi connectivity index (χ0v) is 7.12. The van der Waals surface area contributed by atoms with E-state index >= 15 is 0 Å². The number of aromatic nitrogens is 1. The molecule has 0 amide bonds. The van der Waals surface area contributed by atoms with Crippen molar-refractivity contribution in [3.8, 4) is 0 Å². The Kier molecular flexibility index (Phi) is 1.78. The predicted molar refractivity (Wildman–Crippen MR) is 51.1 cm³/mol. The van der Waals surface area contributed by atoms with Gasteiger partial charge in [0.2, 0.25) is 0 Å². The van der Waals surface area contributed by atoms with Crippen molar-refractivity contribution in [3.05, 3.63) is 42.2 Å². The van der Waals surface area contributed by atoms with Crippen molar-refractivity contribution in [3.63, 3.8) is 0 Å². The number of hydrogen-bond donors (Lipinski definition) is 0. The fourth-order valence-corrected chi connectivity index (χ4v) is 1.35. The monoisotopic (exact) mass is 157 g/mol. The van der Waals surface area contributed by atoms with Crippen molar-refractivity contribution in [2.45, 2.75) is 13.3 Å². The summed E-state index contributed by atoms with van der Waals surface area (Å²) in [6, 6.07) is 8.55. The molecule has 0 unspecified atom stereocenters. The third-order valence-corrected chi connectivity index (χ3v) is 2.11. The first-order chi connectivity index (χ1) is 5.90. The fraction of sp³-hybridized carbons (Fsp3) is 0.182. The molecule has 1 heteroatoms. The van der Waals surface area contributed by atoms with Crippen molar-refractivity contribution in [2.75, 3.05) is 0 Å². The molecule has 60 valence electrons. The van der Waals surface area contributed by atoms with Crippen LogP contribution in [0, 0.1) is 0 Å². The summed E-state index contributed by atoms with van der Waals surface area (Å²) in [7, 11) is 0. The van der Waals surface area contributed by atoms with Gasteiger partial charge in [-0.2, -0.15) is 0 Å². The number of pyridine rings is 1. The average molecular weight is 157 g/mol. The van der Waals surface area contributed by atoms with Gasteiger partial charge in [-0.25, -0.2) is 0 Å². The van der Waals surface area contributed by atoms with Crippen LogP contribution in [0.25, 0.3) is 10.8 Å². The van der Waals surface area contributed by atoms with E-state index in [4.69, 9.17) is 0 Å². The summed E-state index contributed by atoms with van der Waals surface area (Å²) in [5.74, 6) is 0. The second-order valence-electron chi connectivity index (χ2n) is 2.91. The van der Waals surface area contributed by atoms with Crippen molar-refractivity contribution in [2.24, 2.45) is 0 Å². The standard InChI is InChI=1S/C11H11N/c1-2-9-3-4-10-5-6-12-8-11(10)7-9/h3-8H,2H2,1H3. The van der Waals surface area contributed by atoms with Crippen molar-refractivity contribution in [1.29, 1.82) is 0 Å². The number of fused-ring (bicyclic) bond motifs is 1. The van der Waals surface area contributed by atoms with Gasteiger partial charge in [-0.05, 0) is 29.5 Å². The minimum atomic E-state index is 1.09. The van der Waals surface area contributed by atoms with Crippen LogP contribution >= 0.6 is 0 Å². The highest BCUT2D eigenvalue weighted by Gasteiger charge is 1.92. The molecule has 0 aliphatic heterocycles. The Morgan fingerprint density at radius 3 is 2.92 bits per heavy atom. The molecular formula is C11H11N. The Hall–Kier alpha value is -1.37. The second-order valence-corrected chi connectivity index (χ2v) is 2.91. The Balaban J connectivity index is 2.67. The molecule has 0 spiro atoms. The Bertz CT molecular complexity index is 393. The molecule has 0 saturated carbocycles. The van der Waals surface area contributed by atoms with Crippen LogP contribution in [-0.4, -0.2) is 4.98 Å². The van der Waals surface area contributed by atoms with Gasteiger partial charge in [0.25, 0.3) is 0 Å². The SMILES string of the molecule is CCc1ccc2ccncc2c1. The third kappa shape index (κ3) is 1.18. The van der Waals surface area contributed by atoms with E-state index in [0.717, 1.165) is 6.42 Å². The molecule has 0 fully saturated rings. The number of benzene rings is 1. The normalized spacial score (nSPS) is 10.4. The highest BCUT2D eigenvalue weighted by Crippen LogP contribution is 2.14. The first kappa shape index (κ1) is 7.29. The van der Waals surface area contributed by atoms with Crippen molar-refractivity contribution >= 4 is 10.8 Å². The number of rotatable bonds is 1. The topological polar surface area (TPSA) is 12.9 Å². The first-order valence-electron chi connectivity index (χ1n) is 4.23. The summed E-state index contributed by atoms with van der Waals surface area (Å²) in [5.41, 5.74) is 1.37. The lowest BCUT2D eigenvalue weighted by molar-refractivity contribution is 1.14. The van der Waals surface area contributed by atoms with E-state index in [0.29, 0.717) is 0 Å². The van der Waals surface area contributed by atoms with E-state index in [1.54, 1.807) is 0 Å². The fourth-order valence-electron chi connectivity index (χ4n) is 1.35. The first-order valence-corrected chi connectivity index (χ1v) is 4.23. The molecule has 0 atom stereocenters. The number of hydrogen-bond acceptors (Lipinski definition) is 1. The van der Waals surface area contributed by atoms with Crippen LogP contribution in [0.4, 0.5) is 0 Å². The molecule has 1 nitrogen and oxygen atoms in total. The van der Waals surface area contributed by atoms with E-state index in [1.807, 2.05) is 18.5 Å². The smallest absolute Gasteiger partial charge is 0.0346 e. The minimum Gasteiger partial charge on any atom is -0.264 e. The summed E-state index contributed by atoms with van der Waals surface area (Å²) < 4.78 is 0. The summed E-state index contributed by atoms with van der Waals surface area (Å²) in [6.45, 7) is 2.16. The molecule has 2 rings (SSSR count).